The number of carbonyl (C=O) groups excluding carboxylic acids is 2. The topological polar surface area (TPSA) is 118 Å². The van der Waals surface area contributed by atoms with E-state index in [1.54, 1.807) is 24.3 Å². The lowest BCUT2D eigenvalue weighted by atomic mass is 9.97. The first-order valence-corrected chi connectivity index (χ1v) is 11.6. The van der Waals surface area contributed by atoms with E-state index in [4.69, 9.17) is 4.74 Å². The van der Waals surface area contributed by atoms with Gasteiger partial charge in [-0.25, -0.2) is 4.98 Å². The largest absolute Gasteiger partial charge is 0.495 e. The number of methoxy groups -OCH3 is 1. The van der Waals surface area contributed by atoms with Gasteiger partial charge >= 0.3 is 0 Å². The summed E-state index contributed by atoms with van der Waals surface area (Å²) in [5, 5.41) is 6.30. The van der Waals surface area contributed by atoms with Gasteiger partial charge in [0.05, 0.1) is 18.7 Å². The molecule has 0 radical (unpaired) electrons. The molecule has 2 N–H and O–H groups in total. The van der Waals surface area contributed by atoms with Crippen molar-refractivity contribution in [3.05, 3.63) is 40.9 Å². The predicted octanol–water partition coefficient (Wildman–Crippen LogP) is 1.85. The molecule has 0 spiro atoms. The molecule has 2 aromatic heterocycles. The Morgan fingerprint density at radius 3 is 2.91 bits per heavy atom. The van der Waals surface area contributed by atoms with Crippen LogP contribution in [0.2, 0.25) is 0 Å². The van der Waals surface area contributed by atoms with Gasteiger partial charge in [-0.3, -0.25) is 19.0 Å². The van der Waals surface area contributed by atoms with Crippen molar-refractivity contribution in [2.24, 2.45) is 5.92 Å². The number of amides is 2. The Morgan fingerprint density at radius 1 is 1.30 bits per heavy atom. The monoisotopic (exact) mass is 470 g/mol. The minimum Gasteiger partial charge on any atom is -0.495 e. The van der Waals surface area contributed by atoms with Crippen LogP contribution < -0.4 is 25.8 Å². The van der Waals surface area contributed by atoms with Gasteiger partial charge in [0.2, 0.25) is 11.8 Å². The number of hydrogen-bond acceptors (Lipinski definition) is 8. The smallest absolute Gasteiger partial charge is 0.273 e. The second kappa shape index (κ2) is 9.99. The number of para-hydroxylation sites is 2. The van der Waals surface area contributed by atoms with Crippen molar-refractivity contribution in [1.82, 2.24) is 19.9 Å². The van der Waals surface area contributed by atoms with E-state index in [1.807, 2.05) is 11.8 Å². The molecule has 4 rings (SSSR count). The minimum atomic E-state index is -0.367. The van der Waals surface area contributed by atoms with Gasteiger partial charge < -0.3 is 20.3 Å². The van der Waals surface area contributed by atoms with Crippen LogP contribution in [0.1, 0.15) is 19.8 Å². The minimum absolute atomic E-state index is 0.0462. The zero-order valence-corrected chi connectivity index (χ0v) is 19.4. The molecule has 1 aromatic carbocycles. The van der Waals surface area contributed by atoms with Gasteiger partial charge in [0, 0.05) is 19.6 Å². The lowest BCUT2D eigenvalue weighted by Crippen LogP contribution is -2.43. The molecule has 2 amide bonds. The fourth-order valence-corrected chi connectivity index (χ4v) is 4.86. The highest BCUT2D eigenvalue weighted by atomic mass is 32.1. The van der Waals surface area contributed by atoms with E-state index in [9.17, 15) is 14.4 Å². The molecule has 1 saturated heterocycles. The Morgan fingerprint density at radius 2 is 2.12 bits per heavy atom. The van der Waals surface area contributed by atoms with Crippen LogP contribution in [0.25, 0.3) is 10.3 Å². The zero-order chi connectivity index (χ0) is 23.4. The predicted molar refractivity (Wildman–Crippen MR) is 127 cm³/mol. The molecule has 1 atom stereocenters. The fourth-order valence-electron chi connectivity index (χ4n) is 3.86. The lowest BCUT2D eigenvalue weighted by molar-refractivity contribution is -0.125. The molecule has 10 nitrogen and oxygen atoms in total. The van der Waals surface area contributed by atoms with Crippen molar-refractivity contribution in [2.45, 2.75) is 26.3 Å². The van der Waals surface area contributed by atoms with Gasteiger partial charge in [-0.05, 0) is 31.9 Å². The second-order valence-electron chi connectivity index (χ2n) is 7.76. The number of nitrogens with one attached hydrogen (secondary N) is 2. The average Bonchev–Trinajstić information content (AvgIpc) is 3.27. The normalized spacial score (nSPS) is 15.9. The van der Waals surface area contributed by atoms with E-state index in [-0.39, 0.29) is 29.8 Å². The Kier molecular flexibility index (Phi) is 6.87. The molecule has 1 aliphatic heterocycles. The van der Waals surface area contributed by atoms with Crippen LogP contribution in [0.5, 0.6) is 5.75 Å². The highest BCUT2D eigenvalue weighted by Gasteiger charge is 2.27. The Bertz CT molecular complexity index is 1220. The van der Waals surface area contributed by atoms with Crippen molar-refractivity contribution >= 4 is 44.3 Å². The van der Waals surface area contributed by atoms with Gasteiger partial charge in [0.15, 0.2) is 10.8 Å². The van der Waals surface area contributed by atoms with Crippen LogP contribution in [-0.4, -0.2) is 53.1 Å². The summed E-state index contributed by atoms with van der Waals surface area (Å²) in [7, 11) is 1.52. The summed E-state index contributed by atoms with van der Waals surface area (Å²) in [5.74, 6) is 0.110. The third kappa shape index (κ3) is 4.98. The molecule has 0 saturated carbocycles. The number of hydrogen-bond donors (Lipinski definition) is 2. The van der Waals surface area contributed by atoms with Crippen molar-refractivity contribution < 1.29 is 14.3 Å². The molecule has 3 heterocycles. The Balaban J connectivity index is 1.51. The van der Waals surface area contributed by atoms with Crippen LogP contribution >= 0.6 is 11.3 Å². The maximum Gasteiger partial charge on any atom is 0.273 e. The number of carbonyl (C=O) groups is 2. The van der Waals surface area contributed by atoms with E-state index < -0.39 is 0 Å². The quantitative estimate of drug-likeness (QED) is 0.541. The molecular weight excluding hydrogens is 444 g/mol. The molecular formula is C22H26N6O4S. The number of ether oxygens (including phenoxy) is 1. The first-order valence-electron chi connectivity index (χ1n) is 10.8. The lowest BCUT2D eigenvalue weighted by Gasteiger charge is -2.31. The van der Waals surface area contributed by atoms with Crippen LogP contribution in [0.15, 0.2) is 35.4 Å². The third-order valence-corrected chi connectivity index (χ3v) is 6.57. The first-order chi connectivity index (χ1) is 16.0. The van der Waals surface area contributed by atoms with Gasteiger partial charge in [-0.1, -0.05) is 23.5 Å². The number of thiazole rings is 1. The molecule has 3 aromatic rings. The third-order valence-electron chi connectivity index (χ3n) is 5.48. The summed E-state index contributed by atoms with van der Waals surface area (Å²) in [4.78, 5) is 48.6. The van der Waals surface area contributed by atoms with Crippen molar-refractivity contribution in [3.8, 4) is 5.75 Å². The number of piperidine rings is 1. The molecule has 11 heteroatoms. The van der Waals surface area contributed by atoms with Crippen molar-refractivity contribution in [1.29, 1.82) is 0 Å². The summed E-state index contributed by atoms with van der Waals surface area (Å²) in [6, 6.07) is 7.06. The number of aromatic nitrogens is 3. The van der Waals surface area contributed by atoms with Crippen LogP contribution in [0, 0.1) is 5.92 Å². The molecule has 1 aliphatic rings. The van der Waals surface area contributed by atoms with Crippen LogP contribution in [0.4, 0.5) is 10.8 Å². The van der Waals surface area contributed by atoms with E-state index in [0.29, 0.717) is 40.0 Å². The molecule has 0 aliphatic carbocycles. The van der Waals surface area contributed by atoms with Crippen molar-refractivity contribution in [3.63, 3.8) is 0 Å². The van der Waals surface area contributed by atoms with Gasteiger partial charge in [-0.2, -0.15) is 4.98 Å². The summed E-state index contributed by atoms with van der Waals surface area (Å²) < 4.78 is 6.90. The number of benzene rings is 1. The number of anilines is 2. The maximum absolute atomic E-state index is 13.0. The van der Waals surface area contributed by atoms with Gasteiger partial charge in [0.1, 0.15) is 23.3 Å². The molecule has 174 valence electrons. The van der Waals surface area contributed by atoms with E-state index in [1.165, 1.54) is 29.3 Å². The van der Waals surface area contributed by atoms with Crippen LogP contribution in [0.3, 0.4) is 0 Å². The summed E-state index contributed by atoms with van der Waals surface area (Å²) >= 11 is 1.24. The highest BCUT2D eigenvalue weighted by Crippen LogP contribution is 2.29. The van der Waals surface area contributed by atoms with Gasteiger partial charge in [0.25, 0.3) is 5.56 Å². The summed E-state index contributed by atoms with van der Waals surface area (Å²) in [6.45, 7) is 3.65. The maximum atomic E-state index is 13.0. The van der Waals surface area contributed by atoms with Crippen LogP contribution in [-0.2, 0) is 16.1 Å². The Labute approximate surface area is 194 Å². The molecule has 1 fully saturated rings. The van der Waals surface area contributed by atoms with E-state index in [0.717, 1.165) is 19.4 Å². The standard InChI is InChI=1S/C22H26N6O4S/c1-3-23-20(30)14-7-6-10-27(11-14)22-26-19-18(33-22)21(31)28(13-24-19)12-17(29)25-15-8-4-5-9-16(15)32-2/h4-5,8-9,13-14H,3,6-7,10-12H2,1-2H3,(H,23,30)(H,25,29)/t14-/m1/s1. The molecule has 0 unspecified atom stereocenters. The summed E-state index contributed by atoms with van der Waals surface area (Å²) in [5.41, 5.74) is 0.552. The van der Waals surface area contributed by atoms with Gasteiger partial charge in [-0.15, -0.1) is 0 Å². The SMILES string of the molecule is CCNC(=O)[C@@H]1CCCN(c2nc3ncn(CC(=O)Nc4ccccc4OC)c(=O)c3s2)C1. The fraction of sp³-hybridized carbons (Fsp3) is 0.409. The van der Waals surface area contributed by atoms with Crippen molar-refractivity contribution in [2.75, 3.05) is 37.0 Å². The number of nitrogens with zero attached hydrogens (tertiary/aromatic N) is 4. The Hall–Kier alpha value is -3.47. The molecule has 33 heavy (non-hydrogen) atoms. The number of fused-ring (bicyclic) bond motifs is 1. The summed E-state index contributed by atoms with van der Waals surface area (Å²) in [6.07, 6.45) is 3.04. The number of rotatable bonds is 7. The first kappa shape index (κ1) is 22.7. The average molecular weight is 471 g/mol. The highest BCUT2D eigenvalue weighted by molar-refractivity contribution is 7.22. The van der Waals surface area contributed by atoms with E-state index >= 15 is 0 Å². The zero-order valence-electron chi connectivity index (χ0n) is 18.5. The molecule has 0 bridgehead atoms. The second-order valence-corrected chi connectivity index (χ2v) is 8.73. The van der Waals surface area contributed by atoms with E-state index in [2.05, 4.69) is 20.6 Å².